The molecule has 0 heterocycles. The Labute approximate surface area is 180 Å². The smallest absolute Gasteiger partial charge is 0.0835 e. The Morgan fingerprint density at radius 1 is 0.759 bits per heavy atom. The number of aliphatic hydroxyl groups is 2. The zero-order valence-electron chi connectivity index (χ0n) is 19.9. The van der Waals surface area contributed by atoms with Crippen LogP contribution in [-0.2, 0) is 0 Å². The molecule has 2 nitrogen and oxygen atoms in total. The standard InChI is InChI=1S/C27H48O2/c1-17(2)9-8-10-18(3)19-12-13-20-23-21(14-16-27(19,20)5)26(4)15-7-6-11-22(26)24(28)25(23)29/h17-25,28-29H,6-16H2,1-5H3/t18-,19-,20+,21+,22-,23+,24-,25+,26-,27-/m1/s1. The Bertz CT molecular complexity index is 573. The van der Waals surface area contributed by atoms with Gasteiger partial charge in [-0.2, -0.15) is 0 Å². The van der Waals surface area contributed by atoms with Crippen LogP contribution >= 0.6 is 0 Å². The first-order valence-corrected chi connectivity index (χ1v) is 13.1. The third-order valence-corrected chi connectivity index (χ3v) is 10.9. The summed E-state index contributed by atoms with van der Waals surface area (Å²) in [5.74, 6) is 4.31. The Morgan fingerprint density at radius 3 is 2.21 bits per heavy atom. The molecule has 0 radical (unpaired) electrons. The predicted molar refractivity (Wildman–Crippen MR) is 120 cm³/mol. The van der Waals surface area contributed by atoms with Gasteiger partial charge in [0.05, 0.1) is 12.2 Å². The maximum absolute atomic E-state index is 11.4. The molecule has 0 aromatic heterocycles. The molecule has 0 spiro atoms. The van der Waals surface area contributed by atoms with Gasteiger partial charge in [-0.05, 0) is 90.8 Å². The molecule has 10 atom stereocenters. The highest BCUT2D eigenvalue weighted by molar-refractivity contribution is 5.13. The molecule has 168 valence electrons. The average molecular weight is 405 g/mol. The van der Waals surface area contributed by atoms with E-state index in [1.165, 1.54) is 64.2 Å². The van der Waals surface area contributed by atoms with Crippen LogP contribution in [0.25, 0.3) is 0 Å². The minimum atomic E-state index is -0.494. The number of hydrogen-bond acceptors (Lipinski definition) is 2. The van der Waals surface area contributed by atoms with Crippen LogP contribution < -0.4 is 0 Å². The lowest BCUT2D eigenvalue weighted by molar-refractivity contribution is -0.215. The van der Waals surface area contributed by atoms with E-state index < -0.39 is 12.2 Å². The second-order valence-corrected chi connectivity index (χ2v) is 12.7. The van der Waals surface area contributed by atoms with Gasteiger partial charge < -0.3 is 10.2 Å². The van der Waals surface area contributed by atoms with Gasteiger partial charge in [-0.3, -0.25) is 0 Å². The van der Waals surface area contributed by atoms with E-state index in [0.29, 0.717) is 29.1 Å². The van der Waals surface area contributed by atoms with Crippen molar-refractivity contribution in [2.75, 3.05) is 0 Å². The molecule has 4 aliphatic rings. The van der Waals surface area contributed by atoms with Crippen molar-refractivity contribution in [1.29, 1.82) is 0 Å². The summed E-state index contributed by atoms with van der Waals surface area (Å²) in [6.07, 6.45) is 13.3. The van der Waals surface area contributed by atoms with Gasteiger partial charge in [0.15, 0.2) is 0 Å². The van der Waals surface area contributed by atoms with E-state index in [1.54, 1.807) is 0 Å². The highest BCUT2D eigenvalue weighted by Gasteiger charge is 2.64. The molecule has 0 amide bonds. The first kappa shape index (κ1) is 22.1. The van der Waals surface area contributed by atoms with Gasteiger partial charge in [-0.15, -0.1) is 0 Å². The van der Waals surface area contributed by atoms with Crippen LogP contribution in [-0.4, -0.2) is 22.4 Å². The van der Waals surface area contributed by atoms with Crippen molar-refractivity contribution >= 4 is 0 Å². The molecule has 4 saturated carbocycles. The summed E-state index contributed by atoms with van der Waals surface area (Å²) in [7, 11) is 0. The molecule has 0 aromatic rings. The van der Waals surface area contributed by atoms with Gasteiger partial charge in [0.1, 0.15) is 0 Å². The fraction of sp³-hybridized carbons (Fsp3) is 1.00. The molecule has 4 fully saturated rings. The Hall–Kier alpha value is -0.0800. The second-order valence-electron chi connectivity index (χ2n) is 12.7. The minimum absolute atomic E-state index is 0.254. The van der Waals surface area contributed by atoms with Gasteiger partial charge in [0.2, 0.25) is 0 Å². The SMILES string of the molecule is CC(C)CCC[C@@H](C)[C@H]1CC[C@H]2[C@@H]3[C@H](O)[C@H](O)[C@H]4CCCC[C@]4(C)[C@H]3CC[C@]12C. The zero-order valence-corrected chi connectivity index (χ0v) is 19.9. The van der Waals surface area contributed by atoms with Crippen molar-refractivity contribution in [3.05, 3.63) is 0 Å². The van der Waals surface area contributed by atoms with Crippen LogP contribution in [0.3, 0.4) is 0 Å². The predicted octanol–water partition coefficient (Wildman–Crippen LogP) is 6.44. The highest BCUT2D eigenvalue weighted by Crippen LogP contribution is 2.68. The summed E-state index contributed by atoms with van der Waals surface area (Å²) < 4.78 is 0. The molecule has 4 rings (SSSR count). The molecule has 0 bridgehead atoms. The summed E-state index contributed by atoms with van der Waals surface area (Å²) >= 11 is 0. The Kier molecular flexibility index (Phi) is 6.19. The number of hydrogen-bond donors (Lipinski definition) is 2. The number of aliphatic hydroxyl groups excluding tert-OH is 2. The van der Waals surface area contributed by atoms with Crippen molar-refractivity contribution in [2.45, 2.75) is 117 Å². The molecule has 0 aliphatic heterocycles. The fourth-order valence-electron chi connectivity index (χ4n) is 9.34. The molecular weight excluding hydrogens is 356 g/mol. The quantitative estimate of drug-likeness (QED) is 0.553. The van der Waals surface area contributed by atoms with Crippen LogP contribution in [0, 0.1) is 52.3 Å². The summed E-state index contributed by atoms with van der Waals surface area (Å²) in [5, 5.41) is 22.5. The van der Waals surface area contributed by atoms with E-state index in [0.717, 1.165) is 24.2 Å². The Balaban J connectivity index is 1.54. The van der Waals surface area contributed by atoms with E-state index in [9.17, 15) is 10.2 Å². The molecule has 2 N–H and O–H groups in total. The van der Waals surface area contributed by atoms with Crippen LogP contribution in [0.15, 0.2) is 0 Å². The normalized spacial score (nSPS) is 50.7. The summed E-state index contributed by atoms with van der Waals surface area (Å²) in [6, 6.07) is 0. The van der Waals surface area contributed by atoms with Crippen molar-refractivity contribution in [3.63, 3.8) is 0 Å². The van der Waals surface area contributed by atoms with Crippen molar-refractivity contribution in [3.8, 4) is 0 Å². The monoisotopic (exact) mass is 404 g/mol. The number of fused-ring (bicyclic) bond motifs is 5. The second kappa shape index (κ2) is 8.12. The molecule has 0 unspecified atom stereocenters. The van der Waals surface area contributed by atoms with Gasteiger partial charge in [-0.25, -0.2) is 0 Å². The van der Waals surface area contributed by atoms with Crippen molar-refractivity contribution < 1.29 is 10.2 Å². The average Bonchev–Trinajstić information content (AvgIpc) is 3.02. The van der Waals surface area contributed by atoms with Gasteiger partial charge in [-0.1, -0.05) is 66.7 Å². The minimum Gasteiger partial charge on any atom is -0.390 e. The highest BCUT2D eigenvalue weighted by atomic mass is 16.3. The molecule has 29 heavy (non-hydrogen) atoms. The number of rotatable bonds is 5. The van der Waals surface area contributed by atoms with Gasteiger partial charge in [0, 0.05) is 0 Å². The van der Waals surface area contributed by atoms with Gasteiger partial charge in [0.25, 0.3) is 0 Å². The largest absolute Gasteiger partial charge is 0.390 e. The molecule has 2 heteroatoms. The molecule has 0 aromatic carbocycles. The summed E-state index contributed by atoms with van der Waals surface area (Å²) in [6.45, 7) is 12.2. The zero-order chi connectivity index (χ0) is 21.0. The molecule has 4 aliphatic carbocycles. The van der Waals surface area contributed by atoms with Crippen LogP contribution in [0.4, 0.5) is 0 Å². The Morgan fingerprint density at radius 2 is 1.48 bits per heavy atom. The van der Waals surface area contributed by atoms with Crippen molar-refractivity contribution in [2.24, 2.45) is 52.3 Å². The third kappa shape index (κ3) is 3.53. The summed E-state index contributed by atoms with van der Waals surface area (Å²) in [4.78, 5) is 0. The van der Waals surface area contributed by atoms with E-state index in [4.69, 9.17) is 0 Å². The van der Waals surface area contributed by atoms with Gasteiger partial charge >= 0.3 is 0 Å². The van der Waals surface area contributed by atoms with Crippen LogP contribution in [0.2, 0.25) is 0 Å². The lowest BCUT2D eigenvalue weighted by Gasteiger charge is -2.63. The van der Waals surface area contributed by atoms with E-state index in [-0.39, 0.29) is 5.41 Å². The van der Waals surface area contributed by atoms with Crippen molar-refractivity contribution in [1.82, 2.24) is 0 Å². The van der Waals surface area contributed by atoms with E-state index in [2.05, 4.69) is 34.6 Å². The van der Waals surface area contributed by atoms with E-state index in [1.807, 2.05) is 0 Å². The molecule has 0 saturated heterocycles. The van der Waals surface area contributed by atoms with Crippen LogP contribution in [0.1, 0.15) is 105 Å². The van der Waals surface area contributed by atoms with E-state index >= 15 is 0 Å². The summed E-state index contributed by atoms with van der Waals surface area (Å²) in [5.41, 5.74) is 0.626. The topological polar surface area (TPSA) is 40.5 Å². The lowest BCUT2D eigenvalue weighted by atomic mass is 9.43. The third-order valence-electron chi connectivity index (χ3n) is 10.9. The van der Waals surface area contributed by atoms with Crippen LogP contribution in [0.5, 0.6) is 0 Å². The first-order valence-electron chi connectivity index (χ1n) is 13.1. The lowest BCUT2D eigenvalue weighted by Crippen LogP contribution is -2.63. The molecular formula is C27H48O2. The maximum Gasteiger partial charge on any atom is 0.0835 e. The first-order chi connectivity index (χ1) is 13.7. The maximum atomic E-state index is 11.4. The fourth-order valence-corrected chi connectivity index (χ4v) is 9.34.